The number of rotatable bonds is 2. The van der Waals surface area contributed by atoms with Crippen LogP contribution >= 0.6 is 15.9 Å². The highest BCUT2D eigenvalue weighted by Crippen LogP contribution is 2.23. The Labute approximate surface area is 108 Å². The van der Waals surface area contributed by atoms with Crippen molar-refractivity contribution in [1.82, 2.24) is 4.90 Å². The molecule has 0 aliphatic carbocycles. The SMILES string of the molecule is CN1CCC(Nc2cc(Br)ccc2C#N)C1=O. The van der Waals surface area contributed by atoms with E-state index in [0.717, 1.165) is 17.4 Å². The first-order valence-electron chi connectivity index (χ1n) is 5.33. The molecule has 1 unspecified atom stereocenters. The number of likely N-dealkylation sites (tertiary alicyclic amines) is 1. The first-order chi connectivity index (χ1) is 8.11. The minimum atomic E-state index is -0.221. The molecule has 1 amide bonds. The Morgan fingerprint density at radius 1 is 1.59 bits per heavy atom. The fourth-order valence-electron chi connectivity index (χ4n) is 1.88. The molecule has 88 valence electrons. The van der Waals surface area contributed by atoms with Gasteiger partial charge >= 0.3 is 0 Å². The topological polar surface area (TPSA) is 56.1 Å². The summed E-state index contributed by atoms with van der Waals surface area (Å²) in [6, 6.07) is 7.26. The lowest BCUT2D eigenvalue weighted by Crippen LogP contribution is -2.31. The smallest absolute Gasteiger partial charge is 0.244 e. The maximum absolute atomic E-state index is 11.8. The molecule has 2 rings (SSSR count). The Kier molecular flexibility index (Phi) is 3.34. The van der Waals surface area contributed by atoms with Gasteiger partial charge in [0.25, 0.3) is 0 Å². The van der Waals surface area contributed by atoms with Crippen LogP contribution in [-0.2, 0) is 4.79 Å². The summed E-state index contributed by atoms with van der Waals surface area (Å²) in [7, 11) is 1.79. The zero-order chi connectivity index (χ0) is 12.4. The van der Waals surface area contributed by atoms with Gasteiger partial charge < -0.3 is 10.2 Å². The molecule has 0 radical (unpaired) electrons. The number of hydrogen-bond acceptors (Lipinski definition) is 3. The van der Waals surface area contributed by atoms with Crippen molar-refractivity contribution >= 4 is 27.5 Å². The lowest BCUT2D eigenvalue weighted by Gasteiger charge is -2.14. The number of carbonyl (C=O) groups is 1. The van der Waals surface area contributed by atoms with E-state index in [4.69, 9.17) is 5.26 Å². The maximum Gasteiger partial charge on any atom is 0.244 e. The van der Waals surface area contributed by atoms with Gasteiger partial charge in [0.2, 0.25) is 5.91 Å². The van der Waals surface area contributed by atoms with Crippen molar-refractivity contribution in [1.29, 1.82) is 5.26 Å². The minimum Gasteiger partial charge on any atom is -0.373 e. The van der Waals surface area contributed by atoms with Crippen LogP contribution in [0.2, 0.25) is 0 Å². The minimum absolute atomic E-state index is 0.0777. The third-order valence-corrected chi connectivity index (χ3v) is 3.35. The number of nitriles is 1. The molecule has 1 aliphatic rings. The standard InChI is InChI=1S/C12H12BrN3O/c1-16-5-4-10(12(16)17)15-11-6-9(13)3-2-8(11)7-14/h2-3,6,10,15H,4-5H2,1H3. The van der Waals surface area contributed by atoms with Gasteiger partial charge in [-0.2, -0.15) is 5.26 Å². The summed E-state index contributed by atoms with van der Waals surface area (Å²) in [6.07, 6.45) is 0.771. The second-order valence-corrected chi connectivity index (χ2v) is 4.96. The summed E-state index contributed by atoms with van der Waals surface area (Å²) < 4.78 is 0.887. The van der Waals surface area contributed by atoms with Crippen molar-refractivity contribution < 1.29 is 4.79 Å². The van der Waals surface area contributed by atoms with E-state index in [1.807, 2.05) is 12.1 Å². The van der Waals surface area contributed by atoms with E-state index in [1.165, 1.54) is 0 Å². The molecular weight excluding hydrogens is 282 g/mol. The molecule has 0 aromatic heterocycles. The Balaban J connectivity index is 2.22. The molecule has 1 aliphatic heterocycles. The fraction of sp³-hybridized carbons (Fsp3) is 0.333. The average molecular weight is 294 g/mol. The number of halogens is 1. The third kappa shape index (κ3) is 2.42. The molecular formula is C12H12BrN3O. The molecule has 1 atom stereocenters. The Morgan fingerprint density at radius 2 is 2.35 bits per heavy atom. The van der Waals surface area contributed by atoms with Gasteiger partial charge in [-0.05, 0) is 24.6 Å². The molecule has 4 nitrogen and oxygen atoms in total. The van der Waals surface area contributed by atoms with Crippen LogP contribution in [0, 0.1) is 11.3 Å². The van der Waals surface area contributed by atoms with Crippen molar-refractivity contribution in [3.8, 4) is 6.07 Å². The number of benzene rings is 1. The molecule has 1 aromatic carbocycles. The second-order valence-electron chi connectivity index (χ2n) is 4.05. The van der Waals surface area contributed by atoms with E-state index in [2.05, 4.69) is 27.3 Å². The highest BCUT2D eigenvalue weighted by atomic mass is 79.9. The van der Waals surface area contributed by atoms with E-state index in [-0.39, 0.29) is 11.9 Å². The zero-order valence-electron chi connectivity index (χ0n) is 9.40. The zero-order valence-corrected chi connectivity index (χ0v) is 11.0. The lowest BCUT2D eigenvalue weighted by molar-refractivity contribution is -0.127. The van der Waals surface area contributed by atoms with Crippen molar-refractivity contribution in [2.24, 2.45) is 0 Å². The van der Waals surface area contributed by atoms with E-state index in [1.54, 1.807) is 18.0 Å². The molecule has 1 fully saturated rings. The lowest BCUT2D eigenvalue weighted by atomic mass is 10.1. The Bertz CT molecular complexity index is 495. The number of hydrogen-bond donors (Lipinski definition) is 1. The normalized spacial score (nSPS) is 19.2. The molecule has 0 saturated carbocycles. The van der Waals surface area contributed by atoms with Crippen molar-refractivity contribution in [3.63, 3.8) is 0 Å². The first kappa shape index (κ1) is 11.9. The van der Waals surface area contributed by atoms with Gasteiger partial charge in [-0.1, -0.05) is 15.9 Å². The van der Waals surface area contributed by atoms with Gasteiger partial charge in [-0.3, -0.25) is 4.79 Å². The predicted octanol–water partition coefficient (Wildman–Crippen LogP) is 1.96. The van der Waals surface area contributed by atoms with Crippen LogP contribution in [0.15, 0.2) is 22.7 Å². The summed E-state index contributed by atoms with van der Waals surface area (Å²) in [4.78, 5) is 13.5. The van der Waals surface area contributed by atoms with Crippen LogP contribution in [0.3, 0.4) is 0 Å². The fourth-order valence-corrected chi connectivity index (χ4v) is 2.24. The van der Waals surface area contributed by atoms with Crippen LogP contribution in [0.1, 0.15) is 12.0 Å². The summed E-state index contributed by atoms with van der Waals surface area (Å²) in [5, 5.41) is 12.1. The highest BCUT2D eigenvalue weighted by Gasteiger charge is 2.29. The van der Waals surface area contributed by atoms with Gasteiger partial charge in [0.1, 0.15) is 12.1 Å². The number of nitrogens with zero attached hydrogens (tertiary/aromatic N) is 2. The Hall–Kier alpha value is -1.54. The number of anilines is 1. The van der Waals surface area contributed by atoms with Crippen LogP contribution in [-0.4, -0.2) is 30.4 Å². The van der Waals surface area contributed by atoms with Crippen molar-refractivity contribution in [3.05, 3.63) is 28.2 Å². The highest BCUT2D eigenvalue weighted by molar-refractivity contribution is 9.10. The molecule has 1 aromatic rings. The molecule has 17 heavy (non-hydrogen) atoms. The summed E-state index contributed by atoms with van der Waals surface area (Å²) in [5.74, 6) is 0.0777. The second kappa shape index (κ2) is 4.76. The summed E-state index contributed by atoms with van der Waals surface area (Å²) in [6.45, 7) is 0.756. The number of nitrogens with one attached hydrogen (secondary N) is 1. The van der Waals surface area contributed by atoms with Gasteiger partial charge in [0.05, 0.1) is 11.3 Å². The summed E-state index contributed by atoms with van der Waals surface area (Å²) in [5.41, 5.74) is 1.26. The Morgan fingerprint density at radius 3 is 2.94 bits per heavy atom. The quantitative estimate of drug-likeness (QED) is 0.907. The third-order valence-electron chi connectivity index (χ3n) is 2.86. The van der Waals surface area contributed by atoms with Crippen LogP contribution in [0.25, 0.3) is 0 Å². The number of likely N-dealkylation sites (N-methyl/N-ethyl adjacent to an activating group) is 1. The van der Waals surface area contributed by atoms with Crippen LogP contribution < -0.4 is 5.32 Å². The number of carbonyl (C=O) groups excluding carboxylic acids is 1. The van der Waals surface area contributed by atoms with Gasteiger partial charge in [-0.15, -0.1) is 0 Å². The van der Waals surface area contributed by atoms with Gasteiger partial charge in [-0.25, -0.2) is 0 Å². The molecule has 1 N–H and O–H groups in total. The molecule has 5 heteroatoms. The maximum atomic E-state index is 11.8. The molecule has 1 saturated heterocycles. The molecule has 1 heterocycles. The van der Waals surface area contributed by atoms with E-state index in [0.29, 0.717) is 11.3 Å². The van der Waals surface area contributed by atoms with Gasteiger partial charge in [0, 0.05) is 18.1 Å². The van der Waals surface area contributed by atoms with E-state index in [9.17, 15) is 4.79 Å². The molecule has 0 spiro atoms. The first-order valence-corrected chi connectivity index (χ1v) is 6.12. The van der Waals surface area contributed by atoms with E-state index >= 15 is 0 Å². The summed E-state index contributed by atoms with van der Waals surface area (Å²) >= 11 is 3.36. The largest absolute Gasteiger partial charge is 0.373 e. The van der Waals surface area contributed by atoms with Crippen LogP contribution in [0.4, 0.5) is 5.69 Å². The van der Waals surface area contributed by atoms with Gasteiger partial charge in [0.15, 0.2) is 0 Å². The monoisotopic (exact) mass is 293 g/mol. The van der Waals surface area contributed by atoms with E-state index < -0.39 is 0 Å². The molecule has 0 bridgehead atoms. The van der Waals surface area contributed by atoms with Crippen molar-refractivity contribution in [2.75, 3.05) is 18.9 Å². The predicted molar refractivity (Wildman–Crippen MR) is 68.5 cm³/mol. The van der Waals surface area contributed by atoms with Crippen LogP contribution in [0.5, 0.6) is 0 Å². The average Bonchev–Trinajstić information content (AvgIpc) is 2.61. The number of amides is 1. The van der Waals surface area contributed by atoms with Crippen molar-refractivity contribution in [2.45, 2.75) is 12.5 Å².